The van der Waals surface area contributed by atoms with Gasteiger partial charge in [0, 0.05) is 12.2 Å². The van der Waals surface area contributed by atoms with Crippen LogP contribution in [0.2, 0.25) is 0 Å². The van der Waals surface area contributed by atoms with E-state index in [1.807, 2.05) is 56.3 Å². The average Bonchev–Trinajstić information content (AvgIpc) is 3.47. The van der Waals surface area contributed by atoms with Crippen molar-refractivity contribution < 1.29 is 14.0 Å². The number of nitrogens with zero attached hydrogens (tertiary/aromatic N) is 4. The molecule has 2 aromatic heterocycles. The van der Waals surface area contributed by atoms with Crippen LogP contribution in [0.1, 0.15) is 43.2 Å². The van der Waals surface area contributed by atoms with Gasteiger partial charge in [-0.1, -0.05) is 37.3 Å². The van der Waals surface area contributed by atoms with Gasteiger partial charge in [-0.05, 0) is 73.7 Å². The van der Waals surface area contributed by atoms with Crippen LogP contribution in [0.4, 0.5) is 5.69 Å². The molecular weight excluding hydrogens is 442 g/mol. The Morgan fingerprint density at radius 3 is 2.49 bits per heavy atom. The number of rotatable bonds is 9. The Hall–Kier alpha value is -3.94. The van der Waals surface area contributed by atoms with Crippen LogP contribution in [0.25, 0.3) is 11.0 Å². The third kappa shape index (κ3) is 5.59. The minimum absolute atomic E-state index is 0.0794. The molecule has 0 unspecified atom stereocenters. The van der Waals surface area contributed by atoms with Crippen molar-refractivity contribution in [1.29, 1.82) is 0 Å². The number of hydrogen-bond donors (Lipinski definition) is 1. The van der Waals surface area contributed by atoms with E-state index in [1.54, 1.807) is 16.8 Å². The third-order valence-corrected chi connectivity index (χ3v) is 5.80. The summed E-state index contributed by atoms with van der Waals surface area (Å²) in [7, 11) is 0. The van der Waals surface area contributed by atoms with E-state index in [0.717, 1.165) is 23.1 Å². The van der Waals surface area contributed by atoms with Gasteiger partial charge in [0.15, 0.2) is 6.04 Å². The fourth-order valence-corrected chi connectivity index (χ4v) is 4.17. The number of benzene rings is 2. The van der Waals surface area contributed by atoms with Crippen LogP contribution in [0.3, 0.4) is 0 Å². The molecule has 0 bridgehead atoms. The summed E-state index contributed by atoms with van der Waals surface area (Å²) in [6.07, 6.45) is 2.35. The molecule has 2 aromatic carbocycles. The summed E-state index contributed by atoms with van der Waals surface area (Å²) in [6, 6.07) is 15.8. The molecule has 8 heteroatoms. The topological polar surface area (TPSA) is 93.3 Å². The summed E-state index contributed by atoms with van der Waals surface area (Å²) in [6.45, 7) is 8.57. The number of nitrogens with one attached hydrogen (secondary N) is 1. The van der Waals surface area contributed by atoms with Crippen LogP contribution in [-0.2, 0) is 16.1 Å². The van der Waals surface area contributed by atoms with Gasteiger partial charge < -0.3 is 9.73 Å². The van der Waals surface area contributed by atoms with Crippen LogP contribution in [-0.4, -0.2) is 33.4 Å². The SMILES string of the molecule is Cc1cc(C)cc(N(C(=O)Cn2nnc3ccccc32)[C@H](C(=O)NCCC(C)C)c2ccco2)c1. The molecule has 4 aromatic rings. The number of anilines is 1. The lowest BCUT2D eigenvalue weighted by atomic mass is 10.1. The molecule has 0 aliphatic heterocycles. The van der Waals surface area contributed by atoms with Gasteiger partial charge in [-0.15, -0.1) is 5.10 Å². The van der Waals surface area contributed by atoms with Crippen LogP contribution >= 0.6 is 0 Å². The maximum absolute atomic E-state index is 13.9. The summed E-state index contributed by atoms with van der Waals surface area (Å²) in [4.78, 5) is 29.0. The number of amides is 2. The molecule has 2 heterocycles. The van der Waals surface area contributed by atoms with E-state index in [0.29, 0.717) is 29.4 Å². The Labute approximate surface area is 204 Å². The number of carbonyl (C=O) groups is 2. The highest BCUT2D eigenvalue weighted by atomic mass is 16.3. The van der Waals surface area contributed by atoms with Gasteiger partial charge in [0.25, 0.3) is 5.91 Å². The maximum atomic E-state index is 13.9. The Kier molecular flexibility index (Phi) is 7.29. The molecule has 0 aliphatic rings. The second kappa shape index (κ2) is 10.5. The van der Waals surface area contributed by atoms with Gasteiger partial charge in [0.05, 0.1) is 11.8 Å². The number of aryl methyl sites for hydroxylation is 2. The standard InChI is InChI=1S/C27H31N5O3/c1-18(2)11-12-28-27(34)26(24-10-7-13-35-24)32(21-15-19(3)14-20(4)16-21)25(33)17-31-23-9-6-5-8-22(23)29-30-31/h5-10,13-16,18,26H,11-12,17H2,1-4H3,(H,28,34)/t26-/m0/s1. The lowest BCUT2D eigenvalue weighted by molar-refractivity contribution is -0.127. The summed E-state index contributed by atoms with van der Waals surface area (Å²) in [5, 5.41) is 11.3. The van der Waals surface area contributed by atoms with Gasteiger partial charge in [-0.2, -0.15) is 0 Å². The van der Waals surface area contributed by atoms with Crippen molar-refractivity contribution in [3.05, 3.63) is 77.7 Å². The Balaban J connectivity index is 1.75. The Morgan fingerprint density at radius 1 is 1.06 bits per heavy atom. The zero-order chi connectivity index (χ0) is 24.9. The zero-order valence-electron chi connectivity index (χ0n) is 20.6. The number of hydrogen-bond acceptors (Lipinski definition) is 5. The molecule has 2 amide bonds. The largest absolute Gasteiger partial charge is 0.467 e. The van der Waals surface area contributed by atoms with Crippen molar-refractivity contribution in [3.8, 4) is 0 Å². The number of furan rings is 1. The molecule has 1 N–H and O–H groups in total. The molecule has 0 spiro atoms. The lowest BCUT2D eigenvalue weighted by Gasteiger charge is -2.30. The Bertz CT molecular complexity index is 1290. The second-order valence-corrected chi connectivity index (χ2v) is 9.24. The first kappa shape index (κ1) is 24.2. The molecule has 0 saturated carbocycles. The van der Waals surface area contributed by atoms with E-state index in [-0.39, 0.29) is 18.4 Å². The fourth-order valence-electron chi connectivity index (χ4n) is 4.17. The van der Waals surface area contributed by atoms with Crippen molar-refractivity contribution in [2.45, 2.75) is 46.7 Å². The van der Waals surface area contributed by atoms with Crippen molar-refractivity contribution in [2.24, 2.45) is 5.92 Å². The molecular formula is C27H31N5O3. The first-order valence-electron chi connectivity index (χ1n) is 11.8. The number of carbonyl (C=O) groups excluding carboxylic acids is 2. The molecule has 35 heavy (non-hydrogen) atoms. The molecule has 0 aliphatic carbocycles. The highest BCUT2D eigenvalue weighted by Gasteiger charge is 2.35. The van der Waals surface area contributed by atoms with Crippen molar-refractivity contribution >= 4 is 28.5 Å². The molecule has 0 radical (unpaired) electrons. The number of para-hydroxylation sites is 1. The van der Waals surface area contributed by atoms with Crippen molar-refractivity contribution in [2.75, 3.05) is 11.4 Å². The Morgan fingerprint density at radius 2 is 1.80 bits per heavy atom. The summed E-state index contributed by atoms with van der Waals surface area (Å²) in [5.41, 5.74) is 4.05. The van der Waals surface area contributed by atoms with E-state index in [2.05, 4.69) is 29.5 Å². The predicted octanol–water partition coefficient (Wildman–Crippen LogP) is 4.58. The van der Waals surface area contributed by atoms with Gasteiger partial charge in [-0.3, -0.25) is 14.5 Å². The van der Waals surface area contributed by atoms with Gasteiger partial charge >= 0.3 is 0 Å². The molecule has 1 atom stereocenters. The van der Waals surface area contributed by atoms with E-state index in [4.69, 9.17) is 4.42 Å². The van der Waals surface area contributed by atoms with Crippen LogP contribution < -0.4 is 10.2 Å². The zero-order valence-corrected chi connectivity index (χ0v) is 20.6. The van der Waals surface area contributed by atoms with E-state index >= 15 is 0 Å². The highest BCUT2D eigenvalue weighted by Crippen LogP contribution is 2.30. The number of aromatic nitrogens is 3. The van der Waals surface area contributed by atoms with Gasteiger partial charge in [0.1, 0.15) is 17.8 Å². The van der Waals surface area contributed by atoms with Crippen LogP contribution in [0.15, 0.2) is 65.3 Å². The monoisotopic (exact) mass is 473 g/mol. The lowest BCUT2D eigenvalue weighted by Crippen LogP contribution is -2.45. The third-order valence-electron chi connectivity index (χ3n) is 5.80. The minimum atomic E-state index is -0.972. The van der Waals surface area contributed by atoms with Crippen molar-refractivity contribution in [3.63, 3.8) is 0 Å². The normalized spacial score (nSPS) is 12.1. The maximum Gasteiger partial charge on any atom is 0.251 e. The van der Waals surface area contributed by atoms with E-state index in [9.17, 15) is 9.59 Å². The second-order valence-electron chi connectivity index (χ2n) is 9.24. The minimum Gasteiger partial charge on any atom is -0.467 e. The quantitative estimate of drug-likeness (QED) is 0.384. The van der Waals surface area contributed by atoms with Crippen LogP contribution in [0.5, 0.6) is 0 Å². The van der Waals surface area contributed by atoms with E-state index in [1.165, 1.54) is 11.2 Å². The highest BCUT2D eigenvalue weighted by molar-refractivity contribution is 6.01. The van der Waals surface area contributed by atoms with Crippen LogP contribution in [0, 0.1) is 19.8 Å². The average molecular weight is 474 g/mol. The molecule has 8 nitrogen and oxygen atoms in total. The molecule has 4 rings (SSSR count). The van der Waals surface area contributed by atoms with E-state index < -0.39 is 6.04 Å². The fraction of sp³-hybridized carbons (Fsp3) is 0.333. The molecule has 0 saturated heterocycles. The smallest absolute Gasteiger partial charge is 0.251 e. The van der Waals surface area contributed by atoms with Crippen molar-refractivity contribution in [1.82, 2.24) is 20.3 Å². The summed E-state index contributed by atoms with van der Waals surface area (Å²) in [5.74, 6) is 0.237. The molecule has 0 fully saturated rings. The first-order chi connectivity index (χ1) is 16.8. The first-order valence-corrected chi connectivity index (χ1v) is 11.8. The molecule has 182 valence electrons. The van der Waals surface area contributed by atoms with Gasteiger partial charge in [-0.25, -0.2) is 4.68 Å². The summed E-state index contributed by atoms with van der Waals surface area (Å²) < 4.78 is 7.23. The predicted molar refractivity (Wildman–Crippen MR) is 135 cm³/mol. The summed E-state index contributed by atoms with van der Waals surface area (Å²) >= 11 is 0. The van der Waals surface area contributed by atoms with Gasteiger partial charge in [0.2, 0.25) is 5.91 Å². The number of fused-ring (bicyclic) bond motifs is 1.